The first-order valence-electron chi connectivity index (χ1n) is 8.15. The zero-order valence-corrected chi connectivity index (χ0v) is 14.5. The molecule has 0 unspecified atom stereocenters. The maximum Gasteiger partial charge on any atom is 0.119 e. The number of benzene rings is 2. The first-order valence-corrected chi connectivity index (χ1v) is 8.15. The largest absolute Gasteiger partial charge is 0.497 e. The lowest BCUT2D eigenvalue weighted by Crippen LogP contribution is -2.19. The molecule has 2 aromatic carbocycles. The molecular formula is C20H22N2O2. The maximum atomic E-state index is 5.43. The van der Waals surface area contributed by atoms with Gasteiger partial charge in [0.05, 0.1) is 20.3 Å². The molecule has 4 heteroatoms. The third-order valence-corrected chi connectivity index (χ3v) is 5.13. The Hall–Kier alpha value is -2.62. The molecule has 4 rings (SSSR count). The molecule has 1 aliphatic heterocycles. The topological polar surface area (TPSA) is 26.6 Å². The zero-order chi connectivity index (χ0) is 16.8. The Balaban J connectivity index is 1.81. The fourth-order valence-electron chi connectivity index (χ4n) is 3.82. The molecule has 4 nitrogen and oxygen atoms in total. The van der Waals surface area contributed by atoms with Gasteiger partial charge in [0, 0.05) is 42.4 Å². The van der Waals surface area contributed by atoms with Gasteiger partial charge in [0.25, 0.3) is 0 Å². The molecule has 124 valence electrons. The Morgan fingerprint density at radius 1 is 0.958 bits per heavy atom. The van der Waals surface area contributed by atoms with Gasteiger partial charge in [0.15, 0.2) is 0 Å². The molecule has 0 saturated carbocycles. The summed E-state index contributed by atoms with van der Waals surface area (Å²) < 4.78 is 13.0. The van der Waals surface area contributed by atoms with Crippen LogP contribution in [0.2, 0.25) is 0 Å². The van der Waals surface area contributed by atoms with Crippen molar-refractivity contribution in [1.29, 1.82) is 0 Å². The second-order valence-corrected chi connectivity index (χ2v) is 6.40. The van der Waals surface area contributed by atoms with Crippen LogP contribution in [-0.4, -0.2) is 25.8 Å². The van der Waals surface area contributed by atoms with Crippen LogP contribution in [0.15, 0.2) is 42.6 Å². The van der Waals surface area contributed by atoms with Crippen molar-refractivity contribution in [2.45, 2.75) is 12.5 Å². The number of nitrogens with zero attached hydrogens (tertiary/aromatic N) is 2. The van der Waals surface area contributed by atoms with Gasteiger partial charge >= 0.3 is 0 Å². The quantitative estimate of drug-likeness (QED) is 0.731. The number of fused-ring (bicyclic) bond motifs is 2. The minimum Gasteiger partial charge on any atom is -0.497 e. The number of rotatable bonds is 3. The number of anilines is 1. The standard InChI is InChI=1S/C20H22N2O2/c1-21-12-17(16-11-15(24-4)6-8-19(16)21)20-10-13-9-14(23-3)5-7-18(13)22(20)2/h5-9,11-12,20H,10H2,1-4H3/t20-/m0/s1. The fourth-order valence-corrected chi connectivity index (χ4v) is 3.82. The average Bonchev–Trinajstić information content (AvgIpc) is 3.11. The minimum absolute atomic E-state index is 0.322. The Morgan fingerprint density at radius 2 is 1.67 bits per heavy atom. The van der Waals surface area contributed by atoms with Gasteiger partial charge in [0.2, 0.25) is 0 Å². The molecule has 2 heterocycles. The van der Waals surface area contributed by atoms with Gasteiger partial charge in [-0.05, 0) is 48.4 Å². The van der Waals surface area contributed by atoms with E-state index in [4.69, 9.17) is 9.47 Å². The second kappa shape index (κ2) is 5.48. The van der Waals surface area contributed by atoms with Crippen molar-refractivity contribution in [2.24, 2.45) is 7.05 Å². The molecule has 1 aromatic heterocycles. The van der Waals surface area contributed by atoms with Crippen molar-refractivity contribution in [2.75, 3.05) is 26.2 Å². The van der Waals surface area contributed by atoms with Crippen LogP contribution in [0.1, 0.15) is 17.2 Å². The van der Waals surface area contributed by atoms with E-state index in [9.17, 15) is 0 Å². The normalized spacial score (nSPS) is 16.5. The van der Waals surface area contributed by atoms with E-state index >= 15 is 0 Å². The summed E-state index contributed by atoms with van der Waals surface area (Å²) in [7, 11) is 7.70. The van der Waals surface area contributed by atoms with Crippen molar-refractivity contribution >= 4 is 16.6 Å². The Labute approximate surface area is 142 Å². The van der Waals surface area contributed by atoms with Gasteiger partial charge in [-0.2, -0.15) is 0 Å². The van der Waals surface area contributed by atoms with E-state index in [1.165, 1.54) is 27.7 Å². The van der Waals surface area contributed by atoms with E-state index in [2.05, 4.69) is 54.0 Å². The smallest absolute Gasteiger partial charge is 0.119 e. The summed E-state index contributed by atoms with van der Waals surface area (Å²) in [5.41, 5.74) is 5.18. The van der Waals surface area contributed by atoms with E-state index in [0.717, 1.165) is 17.9 Å². The monoisotopic (exact) mass is 322 g/mol. The molecule has 0 amide bonds. The highest BCUT2D eigenvalue weighted by Gasteiger charge is 2.30. The SMILES string of the molecule is COc1ccc2c(c1)C[C@@H](c1cn(C)c3ccc(OC)cc13)N2C. The molecule has 1 aliphatic rings. The third kappa shape index (κ3) is 2.13. The third-order valence-electron chi connectivity index (χ3n) is 5.13. The number of aryl methyl sites for hydroxylation is 1. The minimum atomic E-state index is 0.322. The van der Waals surface area contributed by atoms with Gasteiger partial charge in [-0.1, -0.05) is 0 Å². The van der Waals surface area contributed by atoms with Crippen LogP contribution >= 0.6 is 0 Å². The summed E-state index contributed by atoms with van der Waals surface area (Å²) in [5, 5.41) is 1.26. The zero-order valence-electron chi connectivity index (χ0n) is 14.5. The first-order chi connectivity index (χ1) is 11.6. The predicted octanol–water partition coefficient (Wildman–Crippen LogP) is 3.93. The number of aromatic nitrogens is 1. The molecule has 0 N–H and O–H groups in total. The van der Waals surface area contributed by atoms with Crippen LogP contribution in [0.3, 0.4) is 0 Å². The summed E-state index contributed by atoms with van der Waals surface area (Å²) in [5.74, 6) is 1.82. The molecule has 3 aromatic rings. The van der Waals surface area contributed by atoms with Crippen LogP contribution in [0.4, 0.5) is 5.69 Å². The van der Waals surface area contributed by atoms with Crippen LogP contribution < -0.4 is 14.4 Å². The van der Waals surface area contributed by atoms with Crippen LogP contribution in [-0.2, 0) is 13.5 Å². The predicted molar refractivity (Wildman–Crippen MR) is 97.3 cm³/mol. The van der Waals surface area contributed by atoms with Gasteiger partial charge in [-0.15, -0.1) is 0 Å². The number of ether oxygens (including phenoxy) is 2. The van der Waals surface area contributed by atoms with Crippen molar-refractivity contribution in [3.8, 4) is 11.5 Å². The van der Waals surface area contributed by atoms with E-state index < -0.39 is 0 Å². The molecule has 24 heavy (non-hydrogen) atoms. The molecule has 0 aliphatic carbocycles. The Kier molecular flexibility index (Phi) is 3.41. The highest BCUT2D eigenvalue weighted by Crippen LogP contribution is 2.43. The summed E-state index contributed by atoms with van der Waals surface area (Å²) in [4.78, 5) is 2.36. The van der Waals surface area contributed by atoms with Crippen molar-refractivity contribution < 1.29 is 9.47 Å². The fraction of sp³-hybridized carbons (Fsp3) is 0.300. The van der Waals surface area contributed by atoms with Crippen LogP contribution in [0.5, 0.6) is 11.5 Å². The van der Waals surface area contributed by atoms with E-state index in [1.54, 1.807) is 14.2 Å². The van der Waals surface area contributed by atoms with Crippen molar-refractivity contribution in [3.63, 3.8) is 0 Å². The summed E-state index contributed by atoms with van der Waals surface area (Å²) in [6.07, 6.45) is 3.23. The maximum absolute atomic E-state index is 5.43. The van der Waals surface area contributed by atoms with E-state index in [1.807, 2.05) is 12.1 Å². The summed E-state index contributed by atoms with van der Waals surface area (Å²) in [6.45, 7) is 0. The summed E-state index contributed by atoms with van der Waals surface area (Å²) in [6, 6.07) is 12.9. The van der Waals surface area contributed by atoms with Crippen molar-refractivity contribution in [3.05, 3.63) is 53.7 Å². The lowest BCUT2D eigenvalue weighted by molar-refractivity contribution is 0.414. The van der Waals surface area contributed by atoms with Gasteiger partial charge in [-0.25, -0.2) is 0 Å². The second-order valence-electron chi connectivity index (χ2n) is 6.40. The molecular weight excluding hydrogens is 300 g/mol. The Bertz CT molecular complexity index is 913. The van der Waals surface area contributed by atoms with Gasteiger partial charge in [-0.3, -0.25) is 0 Å². The van der Waals surface area contributed by atoms with Crippen LogP contribution in [0.25, 0.3) is 10.9 Å². The van der Waals surface area contributed by atoms with Gasteiger partial charge < -0.3 is 18.9 Å². The molecule has 1 atom stereocenters. The van der Waals surface area contributed by atoms with Gasteiger partial charge in [0.1, 0.15) is 11.5 Å². The summed E-state index contributed by atoms with van der Waals surface area (Å²) >= 11 is 0. The Morgan fingerprint density at radius 3 is 2.42 bits per heavy atom. The number of methoxy groups -OCH3 is 2. The van der Waals surface area contributed by atoms with Crippen LogP contribution in [0, 0.1) is 0 Å². The number of hydrogen-bond acceptors (Lipinski definition) is 3. The molecule has 0 bridgehead atoms. The molecule has 0 fully saturated rings. The molecule has 0 spiro atoms. The molecule has 0 radical (unpaired) electrons. The highest BCUT2D eigenvalue weighted by molar-refractivity contribution is 5.87. The van der Waals surface area contributed by atoms with E-state index in [0.29, 0.717) is 6.04 Å². The highest BCUT2D eigenvalue weighted by atomic mass is 16.5. The van der Waals surface area contributed by atoms with E-state index in [-0.39, 0.29) is 0 Å². The average molecular weight is 322 g/mol. The lowest BCUT2D eigenvalue weighted by atomic mass is 10.0. The number of hydrogen-bond donors (Lipinski definition) is 0. The molecule has 0 saturated heterocycles. The first kappa shape index (κ1) is 14.9. The lowest BCUT2D eigenvalue weighted by Gasteiger charge is -2.22. The van der Waals surface area contributed by atoms with Crippen molar-refractivity contribution in [1.82, 2.24) is 4.57 Å². The number of likely N-dealkylation sites (N-methyl/N-ethyl adjacent to an activating group) is 1.